The summed E-state index contributed by atoms with van der Waals surface area (Å²) in [7, 11) is 0. The van der Waals surface area contributed by atoms with Crippen molar-refractivity contribution in [3.8, 4) is 0 Å². The lowest BCUT2D eigenvalue weighted by Gasteiger charge is -1.96. The quantitative estimate of drug-likeness (QED) is 0.253. The third-order valence-electron chi connectivity index (χ3n) is 4.91. The van der Waals surface area contributed by atoms with E-state index < -0.39 is 0 Å². The molecule has 0 aliphatic rings. The Morgan fingerprint density at radius 3 is 1.06 bits per heavy atom. The second-order valence-electron chi connectivity index (χ2n) is 8.15. The van der Waals surface area contributed by atoms with Crippen molar-refractivity contribution >= 4 is 11.6 Å². The first kappa shape index (κ1) is 27.2. The van der Waals surface area contributed by atoms with Crippen LogP contribution >= 0.6 is 11.6 Å². The Kier molecular flexibility index (Phi) is 12.8. The minimum atomic E-state index is 0.856. The SMILES string of the molecule is Cc1ccc(C)c(Cl)c1.Cc1ccc(C)cc1.Cc1ccccc1.Cc1ccccc1C. The van der Waals surface area contributed by atoms with E-state index in [0.29, 0.717) is 0 Å². The molecule has 4 rings (SSSR count). The molecule has 0 aromatic heterocycles. The topological polar surface area (TPSA) is 0 Å². The predicted octanol–water partition coefficient (Wildman–Crippen LogP) is 9.56. The number of rotatable bonds is 0. The van der Waals surface area contributed by atoms with E-state index in [2.05, 4.69) is 101 Å². The van der Waals surface area contributed by atoms with Crippen molar-refractivity contribution in [2.24, 2.45) is 0 Å². The first-order valence-corrected chi connectivity index (χ1v) is 11.4. The molecule has 0 saturated carbocycles. The molecule has 0 aliphatic heterocycles. The van der Waals surface area contributed by atoms with Crippen LogP contribution in [0.3, 0.4) is 0 Å². The number of hydrogen-bond acceptors (Lipinski definition) is 0. The fourth-order valence-electron chi connectivity index (χ4n) is 2.53. The molecule has 4 aromatic carbocycles. The molecular formula is C31H37Cl. The normalized spacial score (nSPS) is 9.25. The minimum Gasteiger partial charge on any atom is -0.0840 e. The molecule has 0 amide bonds. The summed E-state index contributed by atoms with van der Waals surface area (Å²) in [6, 6.07) is 33.2. The van der Waals surface area contributed by atoms with Crippen LogP contribution < -0.4 is 0 Å². The molecular weight excluding hydrogens is 408 g/mol. The summed E-state index contributed by atoms with van der Waals surface area (Å²) in [5.41, 5.74) is 9.07. The summed E-state index contributed by atoms with van der Waals surface area (Å²) in [5, 5.41) is 0.856. The summed E-state index contributed by atoms with van der Waals surface area (Å²) in [5.74, 6) is 0. The van der Waals surface area contributed by atoms with Crippen molar-refractivity contribution < 1.29 is 0 Å². The summed E-state index contributed by atoms with van der Waals surface area (Å²) in [6.45, 7) is 14.6. The van der Waals surface area contributed by atoms with Crippen molar-refractivity contribution in [2.75, 3.05) is 0 Å². The van der Waals surface area contributed by atoms with Crippen molar-refractivity contribution in [3.05, 3.63) is 141 Å². The van der Waals surface area contributed by atoms with Gasteiger partial charge in [-0.15, -0.1) is 0 Å². The van der Waals surface area contributed by atoms with E-state index >= 15 is 0 Å². The van der Waals surface area contributed by atoms with Crippen LogP contribution in [0.4, 0.5) is 0 Å². The zero-order valence-electron chi connectivity index (χ0n) is 20.6. The van der Waals surface area contributed by atoms with E-state index in [9.17, 15) is 0 Å². The third-order valence-corrected chi connectivity index (χ3v) is 5.32. The molecule has 32 heavy (non-hydrogen) atoms. The zero-order chi connectivity index (χ0) is 23.9. The second kappa shape index (κ2) is 15.1. The van der Waals surface area contributed by atoms with E-state index in [-0.39, 0.29) is 0 Å². The number of benzene rings is 4. The number of hydrogen-bond donors (Lipinski definition) is 0. The Labute approximate surface area is 200 Å². The van der Waals surface area contributed by atoms with Crippen molar-refractivity contribution in [1.29, 1.82) is 0 Å². The largest absolute Gasteiger partial charge is 0.0840 e. The Hall–Kier alpha value is -2.83. The van der Waals surface area contributed by atoms with E-state index in [1.54, 1.807) is 0 Å². The van der Waals surface area contributed by atoms with Gasteiger partial charge >= 0.3 is 0 Å². The average Bonchev–Trinajstić information content (AvgIpc) is 2.77. The van der Waals surface area contributed by atoms with E-state index in [4.69, 9.17) is 11.6 Å². The summed E-state index contributed by atoms with van der Waals surface area (Å²) < 4.78 is 0. The molecule has 0 heterocycles. The molecule has 0 spiro atoms. The second-order valence-corrected chi connectivity index (χ2v) is 8.55. The highest BCUT2D eigenvalue weighted by Gasteiger charge is 1.91. The fraction of sp³-hybridized carbons (Fsp3) is 0.226. The predicted molar refractivity (Wildman–Crippen MR) is 144 cm³/mol. The molecule has 0 atom stereocenters. The molecule has 0 saturated heterocycles. The maximum Gasteiger partial charge on any atom is 0.0437 e. The first-order valence-electron chi connectivity index (χ1n) is 11.0. The van der Waals surface area contributed by atoms with E-state index in [0.717, 1.165) is 10.6 Å². The number of aryl methyl sites for hydroxylation is 7. The van der Waals surface area contributed by atoms with Gasteiger partial charge in [-0.1, -0.05) is 119 Å². The molecule has 0 aliphatic carbocycles. The zero-order valence-corrected chi connectivity index (χ0v) is 21.4. The lowest BCUT2D eigenvalue weighted by Crippen LogP contribution is -1.75. The summed E-state index contributed by atoms with van der Waals surface area (Å²) in [6.07, 6.45) is 0. The van der Waals surface area contributed by atoms with Crippen LogP contribution in [0.1, 0.15) is 38.9 Å². The molecule has 0 bridgehead atoms. The Bertz CT molecular complexity index is 990. The molecule has 0 fully saturated rings. The summed E-state index contributed by atoms with van der Waals surface area (Å²) >= 11 is 5.81. The fourth-order valence-corrected chi connectivity index (χ4v) is 2.77. The third kappa shape index (κ3) is 12.1. The lowest BCUT2D eigenvalue weighted by atomic mass is 10.1. The van der Waals surface area contributed by atoms with E-state index in [1.165, 1.54) is 33.4 Å². The van der Waals surface area contributed by atoms with Gasteiger partial charge in [0.2, 0.25) is 0 Å². The van der Waals surface area contributed by atoms with Gasteiger partial charge in [-0.3, -0.25) is 0 Å². The first-order chi connectivity index (χ1) is 15.2. The molecule has 1 heteroatoms. The highest BCUT2D eigenvalue weighted by molar-refractivity contribution is 6.31. The average molecular weight is 445 g/mol. The maximum atomic E-state index is 5.81. The molecule has 0 N–H and O–H groups in total. The lowest BCUT2D eigenvalue weighted by molar-refractivity contribution is 1.34. The van der Waals surface area contributed by atoms with Crippen LogP contribution in [-0.2, 0) is 0 Å². The molecule has 0 unspecified atom stereocenters. The van der Waals surface area contributed by atoms with Crippen molar-refractivity contribution in [2.45, 2.75) is 48.5 Å². The van der Waals surface area contributed by atoms with Gasteiger partial charge in [0.05, 0.1) is 0 Å². The Morgan fingerprint density at radius 1 is 0.375 bits per heavy atom. The van der Waals surface area contributed by atoms with Gasteiger partial charge in [0.1, 0.15) is 0 Å². The van der Waals surface area contributed by atoms with Gasteiger partial charge in [0.15, 0.2) is 0 Å². The molecule has 4 aromatic rings. The van der Waals surface area contributed by atoms with Crippen LogP contribution in [0.15, 0.2) is 97.1 Å². The monoisotopic (exact) mass is 444 g/mol. The molecule has 168 valence electrons. The van der Waals surface area contributed by atoms with Crippen molar-refractivity contribution in [1.82, 2.24) is 0 Å². The highest BCUT2D eigenvalue weighted by atomic mass is 35.5. The minimum absolute atomic E-state index is 0.856. The van der Waals surface area contributed by atoms with Gasteiger partial charge < -0.3 is 0 Å². The molecule has 0 nitrogen and oxygen atoms in total. The van der Waals surface area contributed by atoms with Gasteiger partial charge in [-0.05, 0) is 76.8 Å². The van der Waals surface area contributed by atoms with Gasteiger partial charge in [0, 0.05) is 5.02 Å². The maximum absolute atomic E-state index is 5.81. The Morgan fingerprint density at radius 2 is 0.750 bits per heavy atom. The van der Waals surface area contributed by atoms with Crippen molar-refractivity contribution in [3.63, 3.8) is 0 Å². The van der Waals surface area contributed by atoms with Gasteiger partial charge in [-0.25, -0.2) is 0 Å². The van der Waals surface area contributed by atoms with Crippen LogP contribution in [-0.4, -0.2) is 0 Å². The highest BCUT2D eigenvalue weighted by Crippen LogP contribution is 2.15. The van der Waals surface area contributed by atoms with Crippen LogP contribution in [0, 0.1) is 48.5 Å². The van der Waals surface area contributed by atoms with Crippen LogP contribution in [0.2, 0.25) is 5.02 Å². The smallest absolute Gasteiger partial charge is 0.0437 e. The number of halogens is 1. The van der Waals surface area contributed by atoms with Gasteiger partial charge in [0.25, 0.3) is 0 Å². The molecule has 0 radical (unpaired) electrons. The van der Waals surface area contributed by atoms with E-state index in [1.807, 2.05) is 44.2 Å². The Balaban J connectivity index is 0.000000214. The summed E-state index contributed by atoms with van der Waals surface area (Å²) in [4.78, 5) is 0. The van der Waals surface area contributed by atoms with Gasteiger partial charge in [-0.2, -0.15) is 0 Å². The van der Waals surface area contributed by atoms with Crippen LogP contribution in [0.5, 0.6) is 0 Å². The standard InChI is InChI=1S/C8H9Cl.2C8H10.C7H8/c1-6-3-4-7(2)8(9)5-6;1-7-3-5-8(2)6-4-7;1-7-5-3-4-6-8(7)2;1-7-5-3-2-4-6-7/h3-5H,1-2H3;2*3-6H,1-2H3;2-6H,1H3. The van der Waals surface area contributed by atoms with Crippen LogP contribution in [0.25, 0.3) is 0 Å².